The predicted molar refractivity (Wildman–Crippen MR) is 127 cm³/mol. The molecule has 0 atom stereocenters. The summed E-state index contributed by atoms with van der Waals surface area (Å²) in [6.07, 6.45) is 4.14. The van der Waals surface area contributed by atoms with Crippen molar-refractivity contribution in [3.05, 3.63) is 82.2 Å². The molecule has 1 aliphatic carbocycles. The lowest BCUT2D eigenvalue weighted by molar-refractivity contribution is -0.428. The molecule has 3 aromatic rings. The SMILES string of the molecule is CC(C)S(=O)(=O)c1ccc(-c2cnc3c(n2)C(N2Cc4cccc([N+](C)=O)c4C2=O)=CC3)cc1. The number of aromatic nitrogens is 2. The molecule has 1 aliphatic heterocycles. The van der Waals surface area contributed by atoms with E-state index in [4.69, 9.17) is 4.98 Å². The number of sulfone groups is 1. The van der Waals surface area contributed by atoms with Crippen LogP contribution in [0.1, 0.15) is 41.2 Å². The second-order valence-electron chi connectivity index (χ2n) is 8.66. The fourth-order valence-electron chi connectivity index (χ4n) is 4.32. The van der Waals surface area contributed by atoms with Gasteiger partial charge >= 0.3 is 0 Å². The van der Waals surface area contributed by atoms with Crippen LogP contribution in [0.25, 0.3) is 17.0 Å². The average Bonchev–Trinajstić information content (AvgIpc) is 3.39. The Morgan fingerprint density at radius 3 is 2.50 bits per heavy atom. The molecule has 2 aromatic carbocycles. The van der Waals surface area contributed by atoms with Gasteiger partial charge in [-0.05, 0) is 31.5 Å². The van der Waals surface area contributed by atoms with Gasteiger partial charge in [-0.3, -0.25) is 9.78 Å². The normalized spacial score (nSPS) is 14.9. The van der Waals surface area contributed by atoms with Crippen molar-refractivity contribution in [2.24, 2.45) is 0 Å². The van der Waals surface area contributed by atoms with Crippen LogP contribution in [0.4, 0.5) is 5.69 Å². The number of benzene rings is 2. The number of carbonyl (C=O) groups excluding carboxylic acids is 1. The number of nitrogens with zero attached hydrogens (tertiary/aromatic N) is 4. The Hall–Kier alpha value is -3.72. The Morgan fingerprint density at radius 2 is 1.82 bits per heavy atom. The first-order valence-electron chi connectivity index (χ1n) is 10.9. The summed E-state index contributed by atoms with van der Waals surface area (Å²) in [5.41, 5.74) is 4.94. The maximum Gasteiger partial charge on any atom is 0.268 e. The first-order valence-corrected chi connectivity index (χ1v) is 12.5. The van der Waals surface area contributed by atoms with E-state index >= 15 is 0 Å². The van der Waals surface area contributed by atoms with E-state index in [1.54, 1.807) is 61.3 Å². The second kappa shape index (κ2) is 7.95. The summed E-state index contributed by atoms with van der Waals surface area (Å²) in [5, 5.41) is -0.505. The highest BCUT2D eigenvalue weighted by Crippen LogP contribution is 2.38. The van der Waals surface area contributed by atoms with Crippen LogP contribution in [0.15, 0.2) is 59.6 Å². The van der Waals surface area contributed by atoms with E-state index in [1.165, 1.54) is 7.05 Å². The van der Waals surface area contributed by atoms with Gasteiger partial charge in [0.2, 0.25) is 0 Å². The van der Waals surface area contributed by atoms with Crippen LogP contribution in [-0.4, -0.2) is 46.3 Å². The third-order valence-electron chi connectivity index (χ3n) is 6.23. The molecule has 0 bridgehead atoms. The third-order valence-corrected chi connectivity index (χ3v) is 8.40. The van der Waals surface area contributed by atoms with Gasteiger partial charge in [-0.25, -0.2) is 13.4 Å². The van der Waals surface area contributed by atoms with Gasteiger partial charge in [0.1, 0.15) is 11.3 Å². The maximum absolute atomic E-state index is 13.3. The molecule has 1 amide bonds. The molecule has 0 saturated heterocycles. The van der Waals surface area contributed by atoms with E-state index in [0.29, 0.717) is 46.1 Å². The van der Waals surface area contributed by atoms with E-state index in [-0.39, 0.29) is 10.8 Å². The summed E-state index contributed by atoms with van der Waals surface area (Å²) in [6.45, 7) is 3.66. The summed E-state index contributed by atoms with van der Waals surface area (Å²) < 4.78 is 25.5. The summed E-state index contributed by atoms with van der Waals surface area (Å²) >= 11 is 0. The van der Waals surface area contributed by atoms with Gasteiger partial charge in [0, 0.05) is 27.7 Å². The van der Waals surface area contributed by atoms with Crippen molar-refractivity contribution >= 4 is 27.1 Å². The molecule has 5 rings (SSSR count). The van der Waals surface area contributed by atoms with E-state index in [9.17, 15) is 18.1 Å². The van der Waals surface area contributed by atoms with E-state index < -0.39 is 15.1 Å². The van der Waals surface area contributed by atoms with Crippen LogP contribution in [-0.2, 0) is 22.8 Å². The summed E-state index contributed by atoms with van der Waals surface area (Å²) in [4.78, 5) is 36.5. The number of hydrogen-bond donors (Lipinski definition) is 0. The zero-order chi connectivity index (χ0) is 24.2. The lowest BCUT2D eigenvalue weighted by atomic mass is 10.1. The largest absolute Gasteiger partial charge is 0.302 e. The Labute approximate surface area is 197 Å². The van der Waals surface area contributed by atoms with Crippen LogP contribution in [0.2, 0.25) is 0 Å². The third kappa shape index (κ3) is 3.43. The number of fused-ring (bicyclic) bond motifs is 2. The fraction of sp³-hybridized carbons (Fsp3) is 0.240. The van der Waals surface area contributed by atoms with Crippen molar-refractivity contribution in [3.8, 4) is 11.3 Å². The smallest absolute Gasteiger partial charge is 0.268 e. The highest BCUT2D eigenvalue weighted by Gasteiger charge is 2.38. The van der Waals surface area contributed by atoms with Gasteiger partial charge < -0.3 is 4.90 Å². The van der Waals surface area contributed by atoms with Crippen LogP contribution < -0.4 is 0 Å². The Balaban J connectivity index is 1.48. The first-order chi connectivity index (χ1) is 16.2. The van der Waals surface area contributed by atoms with E-state index in [0.717, 1.165) is 16.8 Å². The minimum Gasteiger partial charge on any atom is -0.302 e. The quantitative estimate of drug-likeness (QED) is 0.519. The molecule has 0 spiro atoms. The number of hydrogen-bond acceptors (Lipinski definition) is 6. The average molecular weight is 476 g/mol. The van der Waals surface area contributed by atoms with Crippen molar-refractivity contribution in [3.63, 3.8) is 0 Å². The summed E-state index contributed by atoms with van der Waals surface area (Å²) in [6, 6.07) is 11.9. The standard InChI is InChI=1S/C25H23N4O4S/c1-15(2)34(32,33)18-9-7-16(8-10-18)20-13-26-19-11-12-22(24(19)27-20)29-14-17-5-4-6-21(28(3)31)23(17)25(29)30/h4-10,12-13,15H,11,14H2,1-3H3/q+1. The van der Waals surface area contributed by atoms with Gasteiger partial charge in [-0.2, -0.15) is 0 Å². The van der Waals surface area contributed by atoms with E-state index in [2.05, 4.69) is 4.98 Å². The molecule has 0 fully saturated rings. The molecule has 8 nitrogen and oxygen atoms in total. The first kappa shape index (κ1) is 22.1. The number of rotatable bonds is 5. The molecule has 0 radical (unpaired) electrons. The number of nitroso groups, excluding NO2 is 1. The van der Waals surface area contributed by atoms with Gasteiger partial charge in [0.25, 0.3) is 11.6 Å². The monoisotopic (exact) mass is 475 g/mol. The highest BCUT2D eigenvalue weighted by atomic mass is 32.2. The molecule has 0 saturated carbocycles. The zero-order valence-corrected chi connectivity index (χ0v) is 19.8. The van der Waals surface area contributed by atoms with Gasteiger partial charge in [0.05, 0.1) is 40.0 Å². The molecule has 0 N–H and O–H groups in total. The molecule has 172 valence electrons. The lowest BCUT2D eigenvalue weighted by Gasteiger charge is -2.18. The molecule has 1 aromatic heterocycles. The highest BCUT2D eigenvalue weighted by molar-refractivity contribution is 7.92. The number of carbonyl (C=O) groups is 1. The molecule has 34 heavy (non-hydrogen) atoms. The van der Waals surface area contributed by atoms with Crippen molar-refractivity contribution in [1.29, 1.82) is 0 Å². The van der Waals surface area contributed by atoms with Gasteiger partial charge in [0.15, 0.2) is 16.9 Å². The Morgan fingerprint density at radius 1 is 1.09 bits per heavy atom. The second-order valence-corrected chi connectivity index (χ2v) is 11.2. The topological polar surface area (TPSA) is 100 Å². The summed E-state index contributed by atoms with van der Waals surface area (Å²) in [7, 11) is -1.98. The maximum atomic E-state index is 13.3. The predicted octanol–water partition coefficient (Wildman–Crippen LogP) is 3.92. The lowest BCUT2D eigenvalue weighted by Crippen LogP contribution is -2.22. The molecule has 2 heterocycles. The van der Waals surface area contributed by atoms with Crippen molar-refractivity contribution < 1.29 is 18.0 Å². The van der Waals surface area contributed by atoms with Crippen LogP contribution in [0, 0.1) is 4.91 Å². The van der Waals surface area contributed by atoms with Crippen LogP contribution in [0.3, 0.4) is 0 Å². The Bertz CT molecular complexity index is 1490. The number of amides is 1. The minimum atomic E-state index is -3.36. The van der Waals surface area contributed by atoms with Crippen LogP contribution in [0.5, 0.6) is 0 Å². The van der Waals surface area contributed by atoms with Crippen molar-refractivity contribution in [2.75, 3.05) is 7.05 Å². The molecule has 2 aliphatic rings. The number of allylic oxidation sites excluding steroid dienone is 1. The molecular weight excluding hydrogens is 452 g/mol. The van der Waals surface area contributed by atoms with Crippen molar-refractivity contribution in [2.45, 2.75) is 37.0 Å². The van der Waals surface area contributed by atoms with Crippen molar-refractivity contribution in [1.82, 2.24) is 14.9 Å². The van der Waals surface area contributed by atoms with E-state index in [1.807, 2.05) is 12.1 Å². The van der Waals surface area contributed by atoms with Gasteiger partial charge in [-0.1, -0.05) is 30.3 Å². The zero-order valence-electron chi connectivity index (χ0n) is 19.0. The fourth-order valence-corrected chi connectivity index (χ4v) is 5.38. The Kier molecular flexibility index (Phi) is 5.16. The van der Waals surface area contributed by atoms with Gasteiger partial charge in [-0.15, -0.1) is 0 Å². The molecule has 0 unspecified atom stereocenters. The minimum absolute atomic E-state index is 0.233. The van der Waals surface area contributed by atoms with Crippen LogP contribution >= 0.6 is 0 Å². The summed E-state index contributed by atoms with van der Waals surface area (Å²) in [5.74, 6) is -0.233. The molecular formula is C25H23N4O4S+. The molecule has 9 heteroatoms.